The smallest absolute Gasteiger partial charge is 0.125 e. The predicted molar refractivity (Wildman–Crippen MR) is 87.5 cm³/mol. The van der Waals surface area contributed by atoms with Crippen molar-refractivity contribution in [1.29, 1.82) is 0 Å². The van der Waals surface area contributed by atoms with E-state index in [1.807, 2.05) is 6.20 Å². The van der Waals surface area contributed by atoms with Gasteiger partial charge >= 0.3 is 0 Å². The van der Waals surface area contributed by atoms with Crippen molar-refractivity contribution < 1.29 is 0 Å². The van der Waals surface area contributed by atoms with E-state index in [4.69, 9.17) is 0 Å². The molecule has 21 heavy (non-hydrogen) atoms. The third kappa shape index (κ3) is 4.28. The molecule has 0 aromatic carbocycles. The van der Waals surface area contributed by atoms with Crippen molar-refractivity contribution in [2.45, 2.75) is 45.3 Å². The summed E-state index contributed by atoms with van der Waals surface area (Å²) in [4.78, 5) is 9.56. The molecule has 0 radical (unpaired) electrons. The SMILES string of the molecule is CCCNC(CC1CN(C)CCN1C)c1nccn1CC. The lowest BCUT2D eigenvalue weighted by molar-refractivity contribution is 0.0998. The van der Waals surface area contributed by atoms with E-state index in [0.29, 0.717) is 12.1 Å². The van der Waals surface area contributed by atoms with Crippen LogP contribution in [-0.4, -0.2) is 65.7 Å². The van der Waals surface area contributed by atoms with Gasteiger partial charge in [-0.3, -0.25) is 0 Å². The Labute approximate surface area is 129 Å². The lowest BCUT2D eigenvalue weighted by Gasteiger charge is -2.39. The van der Waals surface area contributed by atoms with Crippen LogP contribution >= 0.6 is 0 Å². The summed E-state index contributed by atoms with van der Waals surface area (Å²) >= 11 is 0. The molecule has 0 amide bonds. The van der Waals surface area contributed by atoms with Gasteiger partial charge in [0, 0.05) is 44.6 Å². The number of hydrogen-bond donors (Lipinski definition) is 1. The highest BCUT2D eigenvalue weighted by Crippen LogP contribution is 2.21. The summed E-state index contributed by atoms with van der Waals surface area (Å²) in [6, 6.07) is 0.943. The van der Waals surface area contributed by atoms with E-state index in [1.165, 1.54) is 12.4 Å². The molecule has 2 rings (SSSR count). The Kier molecular flexibility index (Phi) is 6.21. The van der Waals surface area contributed by atoms with Crippen molar-refractivity contribution in [3.63, 3.8) is 0 Å². The van der Waals surface area contributed by atoms with Gasteiger partial charge in [-0.15, -0.1) is 0 Å². The number of hydrogen-bond acceptors (Lipinski definition) is 4. The van der Waals surface area contributed by atoms with Crippen LogP contribution in [0.25, 0.3) is 0 Å². The Morgan fingerprint density at radius 1 is 1.33 bits per heavy atom. The van der Waals surface area contributed by atoms with Crippen LogP contribution in [0.3, 0.4) is 0 Å². The van der Waals surface area contributed by atoms with Gasteiger partial charge in [-0.05, 0) is 40.4 Å². The molecule has 1 aromatic rings. The minimum atomic E-state index is 0.346. The van der Waals surface area contributed by atoms with Crippen molar-refractivity contribution in [3.8, 4) is 0 Å². The topological polar surface area (TPSA) is 36.3 Å². The number of nitrogens with zero attached hydrogens (tertiary/aromatic N) is 4. The highest BCUT2D eigenvalue weighted by Gasteiger charge is 2.27. The average molecular weight is 293 g/mol. The number of aryl methyl sites for hydroxylation is 1. The number of rotatable bonds is 7. The van der Waals surface area contributed by atoms with Gasteiger partial charge in [0.15, 0.2) is 0 Å². The fourth-order valence-corrected chi connectivity index (χ4v) is 3.12. The molecule has 2 unspecified atom stereocenters. The van der Waals surface area contributed by atoms with Crippen LogP contribution in [0.1, 0.15) is 38.6 Å². The summed E-state index contributed by atoms with van der Waals surface area (Å²) in [5.74, 6) is 1.19. The molecule has 5 heteroatoms. The summed E-state index contributed by atoms with van der Waals surface area (Å²) in [6.45, 7) is 9.91. The van der Waals surface area contributed by atoms with E-state index in [2.05, 4.69) is 58.8 Å². The quantitative estimate of drug-likeness (QED) is 0.828. The maximum Gasteiger partial charge on any atom is 0.125 e. The number of aromatic nitrogens is 2. The van der Waals surface area contributed by atoms with E-state index in [0.717, 1.165) is 39.0 Å². The first kappa shape index (κ1) is 16.5. The molecule has 1 N–H and O–H groups in total. The molecular formula is C16H31N5. The van der Waals surface area contributed by atoms with Gasteiger partial charge in [-0.25, -0.2) is 4.98 Å². The zero-order valence-electron chi connectivity index (χ0n) is 14.0. The summed E-state index contributed by atoms with van der Waals surface area (Å²) in [7, 11) is 4.47. The number of nitrogens with one attached hydrogen (secondary N) is 1. The van der Waals surface area contributed by atoms with Gasteiger partial charge in [-0.1, -0.05) is 6.92 Å². The maximum atomic E-state index is 4.62. The molecule has 1 aliphatic heterocycles. The molecule has 120 valence electrons. The van der Waals surface area contributed by atoms with Crippen molar-refractivity contribution in [3.05, 3.63) is 18.2 Å². The number of imidazole rings is 1. The molecule has 5 nitrogen and oxygen atoms in total. The van der Waals surface area contributed by atoms with Crippen LogP contribution in [0.2, 0.25) is 0 Å². The third-order valence-electron chi connectivity index (χ3n) is 4.53. The average Bonchev–Trinajstić information content (AvgIpc) is 2.95. The Morgan fingerprint density at radius 2 is 2.14 bits per heavy atom. The largest absolute Gasteiger partial charge is 0.334 e. The highest BCUT2D eigenvalue weighted by atomic mass is 15.3. The molecule has 0 saturated carbocycles. The molecule has 1 saturated heterocycles. The molecule has 1 aromatic heterocycles. The van der Waals surface area contributed by atoms with Gasteiger partial charge in [0.25, 0.3) is 0 Å². The van der Waals surface area contributed by atoms with Crippen LogP contribution < -0.4 is 5.32 Å². The molecule has 2 heterocycles. The molecule has 0 bridgehead atoms. The van der Waals surface area contributed by atoms with Crippen molar-refractivity contribution in [1.82, 2.24) is 24.7 Å². The Bertz CT molecular complexity index is 417. The van der Waals surface area contributed by atoms with Crippen LogP contribution in [0.15, 0.2) is 12.4 Å². The van der Waals surface area contributed by atoms with Gasteiger partial charge in [0.05, 0.1) is 6.04 Å². The summed E-state index contributed by atoms with van der Waals surface area (Å²) in [5, 5.41) is 3.70. The standard InChI is InChI=1S/C16H31N5/c1-5-7-17-15(16-18-8-9-21(16)6-2)12-14-13-19(3)10-11-20(14)4/h8-9,14-15,17H,5-7,10-13H2,1-4H3. The van der Waals surface area contributed by atoms with Crippen LogP contribution in [0.4, 0.5) is 0 Å². The molecule has 1 aliphatic rings. The lowest BCUT2D eigenvalue weighted by atomic mass is 10.0. The van der Waals surface area contributed by atoms with Crippen molar-refractivity contribution in [2.24, 2.45) is 0 Å². The van der Waals surface area contributed by atoms with Crippen molar-refractivity contribution in [2.75, 3.05) is 40.3 Å². The van der Waals surface area contributed by atoms with E-state index < -0.39 is 0 Å². The first-order valence-electron chi connectivity index (χ1n) is 8.28. The zero-order valence-corrected chi connectivity index (χ0v) is 14.0. The first-order valence-corrected chi connectivity index (χ1v) is 8.28. The Morgan fingerprint density at radius 3 is 2.86 bits per heavy atom. The van der Waals surface area contributed by atoms with E-state index in [9.17, 15) is 0 Å². The van der Waals surface area contributed by atoms with Crippen LogP contribution in [0, 0.1) is 0 Å². The maximum absolute atomic E-state index is 4.62. The summed E-state index contributed by atoms with van der Waals surface area (Å²) in [5.41, 5.74) is 0. The molecular weight excluding hydrogens is 262 g/mol. The first-order chi connectivity index (χ1) is 10.2. The lowest BCUT2D eigenvalue weighted by Crippen LogP contribution is -2.51. The van der Waals surface area contributed by atoms with Crippen LogP contribution in [0.5, 0.6) is 0 Å². The molecule has 0 aliphatic carbocycles. The van der Waals surface area contributed by atoms with Gasteiger partial charge < -0.3 is 19.7 Å². The third-order valence-corrected chi connectivity index (χ3v) is 4.53. The summed E-state index contributed by atoms with van der Waals surface area (Å²) < 4.78 is 2.26. The number of likely N-dealkylation sites (N-methyl/N-ethyl adjacent to an activating group) is 2. The van der Waals surface area contributed by atoms with Gasteiger partial charge in [0.2, 0.25) is 0 Å². The minimum Gasteiger partial charge on any atom is -0.334 e. The van der Waals surface area contributed by atoms with E-state index >= 15 is 0 Å². The van der Waals surface area contributed by atoms with Gasteiger partial charge in [0.1, 0.15) is 5.82 Å². The van der Waals surface area contributed by atoms with Crippen LogP contribution in [-0.2, 0) is 6.54 Å². The fourth-order valence-electron chi connectivity index (χ4n) is 3.12. The van der Waals surface area contributed by atoms with Crippen molar-refractivity contribution >= 4 is 0 Å². The highest BCUT2D eigenvalue weighted by molar-refractivity contribution is 5.01. The van der Waals surface area contributed by atoms with E-state index in [1.54, 1.807) is 0 Å². The van der Waals surface area contributed by atoms with E-state index in [-0.39, 0.29) is 0 Å². The summed E-state index contributed by atoms with van der Waals surface area (Å²) in [6.07, 6.45) is 6.30. The monoisotopic (exact) mass is 293 g/mol. The number of piperazine rings is 1. The minimum absolute atomic E-state index is 0.346. The fraction of sp³-hybridized carbons (Fsp3) is 0.812. The Balaban J connectivity index is 2.08. The second kappa shape index (κ2) is 7.92. The second-order valence-electron chi connectivity index (χ2n) is 6.21. The molecule has 1 fully saturated rings. The normalized spacial score (nSPS) is 22.6. The molecule has 2 atom stereocenters. The van der Waals surface area contributed by atoms with Gasteiger partial charge in [-0.2, -0.15) is 0 Å². The molecule has 0 spiro atoms. The Hall–Kier alpha value is -0.910. The second-order valence-corrected chi connectivity index (χ2v) is 6.21. The predicted octanol–water partition coefficient (Wildman–Crippen LogP) is 1.58. The zero-order chi connectivity index (χ0) is 15.2.